The highest BCUT2D eigenvalue weighted by atomic mass is 35.5. The van der Waals surface area contributed by atoms with Gasteiger partial charge in [0.15, 0.2) is 0 Å². The van der Waals surface area contributed by atoms with E-state index in [2.05, 4.69) is 16.5 Å². The summed E-state index contributed by atoms with van der Waals surface area (Å²) in [6.07, 6.45) is 4.51. The predicted molar refractivity (Wildman–Crippen MR) is 72.6 cm³/mol. The van der Waals surface area contributed by atoms with E-state index in [1.807, 2.05) is 24.7 Å². The van der Waals surface area contributed by atoms with Gasteiger partial charge in [-0.2, -0.15) is 0 Å². The van der Waals surface area contributed by atoms with E-state index in [1.165, 1.54) is 0 Å². The fraction of sp³-hybridized carbons (Fsp3) is 0.417. The summed E-state index contributed by atoms with van der Waals surface area (Å²) in [6.45, 7) is 5.01. The van der Waals surface area contributed by atoms with Crippen molar-refractivity contribution in [3.05, 3.63) is 39.1 Å². The quantitative estimate of drug-likeness (QED) is 0.927. The molecule has 0 fully saturated rings. The number of imidazole rings is 1. The van der Waals surface area contributed by atoms with Gasteiger partial charge < -0.3 is 10.3 Å². The zero-order chi connectivity index (χ0) is 12.4. The van der Waals surface area contributed by atoms with E-state index in [0.29, 0.717) is 0 Å². The molecule has 2 aromatic rings. The van der Waals surface area contributed by atoms with Crippen molar-refractivity contribution in [2.75, 3.05) is 0 Å². The van der Waals surface area contributed by atoms with Crippen LogP contribution in [0.5, 0.6) is 0 Å². The smallest absolute Gasteiger partial charge is 0.110 e. The average molecular weight is 270 g/mol. The molecule has 0 aliphatic carbocycles. The maximum Gasteiger partial charge on any atom is 0.110 e. The summed E-state index contributed by atoms with van der Waals surface area (Å²) in [5.74, 6) is 1.02. The molecule has 0 saturated heterocycles. The second-order valence-electron chi connectivity index (χ2n) is 4.04. The second kappa shape index (κ2) is 5.21. The van der Waals surface area contributed by atoms with Crippen molar-refractivity contribution in [1.82, 2.24) is 9.55 Å². The van der Waals surface area contributed by atoms with Gasteiger partial charge in [-0.15, -0.1) is 11.3 Å². The highest BCUT2D eigenvalue weighted by Gasteiger charge is 2.16. The molecule has 0 aliphatic heterocycles. The number of aryl methyl sites for hydroxylation is 2. The summed E-state index contributed by atoms with van der Waals surface area (Å²) in [6, 6.07) is -0.0751. The first-order valence-electron chi connectivity index (χ1n) is 5.62. The lowest BCUT2D eigenvalue weighted by molar-refractivity contribution is 0.634. The van der Waals surface area contributed by atoms with Gasteiger partial charge in [-0.05, 0) is 24.8 Å². The van der Waals surface area contributed by atoms with Crippen LogP contribution in [0.3, 0.4) is 0 Å². The monoisotopic (exact) mass is 269 g/mol. The first kappa shape index (κ1) is 12.6. The molecule has 2 rings (SSSR count). The van der Waals surface area contributed by atoms with Gasteiger partial charge in [0, 0.05) is 36.3 Å². The van der Waals surface area contributed by atoms with E-state index in [1.54, 1.807) is 11.3 Å². The van der Waals surface area contributed by atoms with Gasteiger partial charge >= 0.3 is 0 Å². The van der Waals surface area contributed by atoms with E-state index >= 15 is 0 Å². The molecule has 92 valence electrons. The van der Waals surface area contributed by atoms with Crippen molar-refractivity contribution in [2.24, 2.45) is 5.73 Å². The molecule has 0 aromatic carbocycles. The minimum absolute atomic E-state index is 0.0751. The van der Waals surface area contributed by atoms with Gasteiger partial charge in [0.25, 0.3) is 0 Å². The second-order valence-corrected chi connectivity index (χ2v) is 5.33. The third-order valence-electron chi connectivity index (χ3n) is 2.81. The fourth-order valence-electron chi connectivity index (χ4n) is 1.81. The number of hydrogen-bond acceptors (Lipinski definition) is 3. The first-order chi connectivity index (χ1) is 8.13. The van der Waals surface area contributed by atoms with Crippen molar-refractivity contribution < 1.29 is 0 Å². The summed E-state index contributed by atoms with van der Waals surface area (Å²) < 4.78 is 2.11. The lowest BCUT2D eigenvalue weighted by Crippen LogP contribution is -2.15. The molecule has 1 unspecified atom stereocenters. The van der Waals surface area contributed by atoms with Crippen LogP contribution in [0, 0.1) is 6.92 Å². The van der Waals surface area contributed by atoms with Crippen LogP contribution in [0.4, 0.5) is 0 Å². The van der Waals surface area contributed by atoms with Gasteiger partial charge in [-0.1, -0.05) is 11.6 Å². The maximum absolute atomic E-state index is 6.22. The lowest BCUT2D eigenvalue weighted by Gasteiger charge is -2.11. The van der Waals surface area contributed by atoms with Crippen molar-refractivity contribution in [3.63, 3.8) is 0 Å². The molecular weight excluding hydrogens is 254 g/mol. The third kappa shape index (κ3) is 2.54. The minimum Gasteiger partial charge on any atom is -0.335 e. The van der Waals surface area contributed by atoms with Crippen LogP contribution >= 0.6 is 22.9 Å². The molecule has 17 heavy (non-hydrogen) atoms. The van der Waals surface area contributed by atoms with Gasteiger partial charge in [0.2, 0.25) is 0 Å². The number of aromatic nitrogens is 2. The number of nitrogens with two attached hydrogens (primary N) is 1. The molecule has 0 spiro atoms. The van der Waals surface area contributed by atoms with Crippen LogP contribution in [-0.2, 0) is 13.0 Å². The molecule has 1 atom stereocenters. The number of rotatable bonds is 4. The Kier molecular flexibility index (Phi) is 3.86. The Bertz CT molecular complexity index is 504. The molecule has 0 aliphatic rings. The molecule has 0 radical (unpaired) electrons. The molecule has 0 amide bonds. The Morgan fingerprint density at radius 2 is 2.35 bits per heavy atom. The molecule has 2 heterocycles. The summed E-state index contributed by atoms with van der Waals surface area (Å²) in [5, 5.41) is 2.85. The van der Waals surface area contributed by atoms with E-state index < -0.39 is 0 Å². The number of thiophene rings is 1. The summed E-state index contributed by atoms with van der Waals surface area (Å²) >= 11 is 7.85. The Morgan fingerprint density at radius 3 is 2.94 bits per heavy atom. The predicted octanol–water partition coefficient (Wildman–Crippen LogP) is 3.17. The maximum atomic E-state index is 6.22. The van der Waals surface area contributed by atoms with Gasteiger partial charge in [0.1, 0.15) is 5.82 Å². The molecule has 0 bridgehead atoms. The molecule has 0 saturated carbocycles. The minimum atomic E-state index is -0.0751. The largest absolute Gasteiger partial charge is 0.335 e. The van der Waals surface area contributed by atoms with Crippen molar-refractivity contribution >= 4 is 22.9 Å². The fourth-order valence-corrected chi connectivity index (χ4v) is 3.14. The number of hydrogen-bond donors (Lipinski definition) is 1. The molecule has 3 nitrogen and oxygen atoms in total. The third-order valence-corrected chi connectivity index (χ3v) is 4.65. The van der Waals surface area contributed by atoms with E-state index in [-0.39, 0.29) is 6.04 Å². The van der Waals surface area contributed by atoms with Crippen LogP contribution < -0.4 is 5.73 Å². The Balaban J connectivity index is 2.17. The van der Waals surface area contributed by atoms with Gasteiger partial charge in [0.05, 0.1) is 5.02 Å². The van der Waals surface area contributed by atoms with E-state index in [0.717, 1.165) is 34.3 Å². The Morgan fingerprint density at radius 1 is 1.59 bits per heavy atom. The van der Waals surface area contributed by atoms with Gasteiger partial charge in [-0.3, -0.25) is 0 Å². The average Bonchev–Trinajstić information content (AvgIpc) is 2.87. The van der Waals surface area contributed by atoms with E-state index in [9.17, 15) is 0 Å². The molecule has 5 heteroatoms. The van der Waals surface area contributed by atoms with Crippen LogP contribution in [0.2, 0.25) is 5.02 Å². The molecular formula is C12H16ClN3S. The zero-order valence-corrected chi connectivity index (χ0v) is 11.6. The van der Waals surface area contributed by atoms with Gasteiger partial charge in [-0.25, -0.2) is 4.98 Å². The zero-order valence-electron chi connectivity index (χ0n) is 9.98. The number of nitrogens with zero attached hydrogens (tertiary/aromatic N) is 2. The summed E-state index contributed by atoms with van der Waals surface area (Å²) in [4.78, 5) is 5.38. The number of halogens is 1. The normalized spacial score (nSPS) is 12.9. The topological polar surface area (TPSA) is 43.8 Å². The summed E-state index contributed by atoms with van der Waals surface area (Å²) in [5.41, 5.74) is 7.29. The Hall–Kier alpha value is -0.840. The lowest BCUT2D eigenvalue weighted by atomic mass is 10.1. The molecule has 2 N–H and O–H groups in total. The van der Waals surface area contributed by atoms with Crippen molar-refractivity contribution in [3.8, 4) is 0 Å². The highest BCUT2D eigenvalue weighted by Crippen LogP contribution is 2.32. The summed E-state index contributed by atoms with van der Waals surface area (Å²) in [7, 11) is 0. The van der Waals surface area contributed by atoms with Crippen LogP contribution in [0.25, 0.3) is 0 Å². The van der Waals surface area contributed by atoms with Crippen molar-refractivity contribution in [1.29, 1.82) is 0 Å². The highest BCUT2D eigenvalue weighted by molar-refractivity contribution is 7.10. The standard InChI is InChI=1S/C12H16ClN3S/c1-3-16-5-4-15-10(16)6-9(14)12-11(13)8(2)7-17-12/h4-5,7,9H,3,6,14H2,1-2H3. The van der Waals surface area contributed by atoms with Crippen LogP contribution in [0.1, 0.15) is 29.2 Å². The SMILES string of the molecule is CCn1ccnc1CC(N)c1scc(C)c1Cl. The van der Waals surface area contributed by atoms with Crippen LogP contribution in [-0.4, -0.2) is 9.55 Å². The Labute approximate surface area is 110 Å². The van der Waals surface area contributed by atoms with Crippen molar-refractivity contribution in [2.45, 2.75) is 32.9 Å². The van der Waals surface area contributed by atoms with Crippen LogP contribution in [0.15, 0.2) is 17.8 Å². The first-order valence-corrected chi connectivity index (χ1v) is 6.88. The van der Waals surface area contributed by atoms with E-state index in [4.69, 9.17) is 17.3 Å². The molecule has 2 aromatic heterocycles.